The van der Waals surface area contributed by atoms with Gasteiger partial charge in [0, 0.05) is 6.42 Å². The Hall–Kier alpha value is -1.57. The molecular weight excluding hydrogens is 440 g/mol. The summed E-state index contributed by atoms with van der Waals surface area (Å²) in [5, 5.41) is 0. The van der Waals surface area contributed by atoms with Gasteiger partial charge in [0.1, 0.15) is 0 Å². The molecule has 208 valence electrons. The zero-order valence-electron chi connectivity index (χ0n) is 24.2. The van der Waals surface area contributed by atoms with Crippen LogP contribution in [0.4, 0.5) is 0 Å². The second-order valence-corrected chi connectivity index (χ2v) is 10.1. The minimum atomic E-state index is 0.0000580. The average Bonchev–Trinajstić information content (AvgIpc) is 2.88. The summed E-state index contributed by atoms with van der Waals surface area (Å²) in [6.45, 7) is 5.03. The summed E-state index contributed by atoms with van der Waals surface area (Å²) >= 11 is 0. The monoisotopic (exact) mass is 500 g/mol. The Morgan fingerprint density at radius 3 is 1.53 bits per heavy atom. The first-order valence-electron chi connectivity index (χ1n) is 15.6. The van der Waals surface area contributed by atoms with Crippen LogP contribution in [0, 0.1) is 0 Å². The van der Waals surface area contributed by atoms with E-state index in [1.165, 1.54) is 96.3 Å². The number of carbonyl (C=O) groups excluding carboxylic acids is 1. The third kappa shape index (κ3) is 30.5. The normalized spacial score (nSPS) is 12.2. The van der Waals surface area contributed by atoms with Gasteiger partial charge in [-0.05, 0) is 70.6 Å². The maximum atomic E-state index is 11.9. The number of ether oxygens (including phenoxy) is 1. The summed E-state index contributed by atoms with van der Waals surface area (Å²) in [7, 11) is 0. The highest BCUT2D eigenvalue weighted by Gasteiger charge is 2.02. The molecule has 36 heavy (non-hydrogen) atoms. The maximum Gasteiger partial charge on any atom is 0.305 e. The van der Waals surface area contributed by atoms with E-state index < -0.39 is 0 Å². The highest BCUT2D eigenvalue weighted by atomic mass is 16.5. The van der Waals surface area contributed by atoms with Gasteiger partial charge in [0.05, 0.1) is 6.61 Å². The predicted octanol–water partition coefficient (Wildman–Crippen LogP) is 11.4. The maximum absolute atomic E-state index is 11.9. The molecule has 0 bridgehead atoms. The largest absolute Gasteiger partial charge is 0.466 e. The highest BCUT2D eigenvalue weighted by Crippen LogP contribution is 2.11. The number of unbranched alkanes of at least 4 members (excludes halogenated alkanes) is 15. The summed E-state index contributed by atoms with van der Waals surface area (Å²) in [6.07, 6.45) is 44.4. The average molecular weight is 501 g/mol. The zero-order chi connectivity index (χ0) is 26.2. The Kier molecular flexibility index (Phi) is 30.1. The SMILES string of the molecule is CC/C=C\C/C=C\C/C=C\CCCCCCCCOC(=O)CCCCCCC/C=C\CCCCCC. The molecule has 0 unspecified atom stereocenters. The Bertz CT molecular complexity index is 556. The highest BCUT2D eigenvalue weighted by molar-refractivity contribution is 5.69. The van der Waals surface area contributed by atoms with Crippen molar-refractivity contribution >= 4 is 5.97 Å². The number of allylic oxidation sites excluding steroid dienone is 8. The molecule has 0 radical (unpaired) electrons. The summed E-state index contributed by atoms with van der Waals surface area (Å²) < 4.78 is 5.40. The second kappa shape index (κ2) is 31.5. The molecule has 0 rings (SSSR count). The Labute approximate surface area is 225 Å². The lowest BCUT2D eigenvalue weighted by atomic mass is 10.1. The van der Waals surface area contributed by atoms with E-state index in [2.05, 4.69) is 62.5 Å². The summed E-state index contributed by atoms with van der Waals surface area (Å²) in [4.78, 5) is 11.9. The van der Waals surface area contributed by atoms with Crippen molar-refractivity contribution in [1.82, 2.24) is 0 Å². The van der Waals surface area contributed by atoms with E-state index >= 15 is 0 Å². The topological polar surface area (TPSA) is 26.3 Å². The number of carbonyl (C=O) groups is 1. The molecule has 0 N–H and O–H groups in total. The fourth-order valence-electron chi connectivity index (χ4n) is 4.14. The van der Waals surface area contributed by atoms with Crippen LogP contribution in [0.2, 0.25) is 0 Å². The van der Waals surface area contributed by atoms with E-state index in [0.29, 0.717) is 13.0 Å². The van der Waals surface area contributed by atoms with Crippen molar-refractivity contribution in [1.29, 1.82) is 0 Å². The van der Waals surface area contributed by atoms with Gasteiger partial charge in [-0.25, -0.2) is 0 Å². The predicted molar refractivity (Wildman–Crippen MR) is 160 cm³/mol. The molecule has 0 heterocycles. The lowest BCUT2D eigenvalue weighted by Crippen LogP contribution is -2.05. The van der Waals surface area contributed by atoms with E-state index in [9.17, 15) is 4.79 Å². The van der Waals surface area contributed by atoms with E-state index in [0.717, 1.165) is 38.5 Å². The molecule has 0 spiro atoms. The molecular formula is C34H60O2. The second-order valence-electron chi connectivity index (χ2n) is 10.1. The lowest BCUT2D eigenvalue weighted by molar-refractivity contribution is -0.143. The zero-order valence-corrected chi connectivity index (χ0v) is 24.2. The summed E-state index contributed by atoms with van der Waals surface area (Å²) in [5.41, 5.74) is 0. The Morgan fingerprint density at radius 1 is 0.500 bits per heavy atom. The van der Waals surface area contributed by atoms with Crippen molar-refractivity contribution in [2.24, 2.45) is 0 Å². The molecule has 0 aliphatic heterocycles. The molecule has 0 aromatic carbocycles. The van der Waals surface area contributed by atoms with Crippen LogP contribution in [0.3, 0.4) is 0 Å². The van der Waals surface area contributed by atoms with E-state index in [-0.39, 0.29) is 5.97 Å². The van der Waals surface area contributed by atoms with Gasteiger partial charge in [-0.15, -0.1) is 0 Å². The third-order valence-corrected chi connectivity index (χ3v) is 6.45. The molecule has 2 nitrogen and oxygen atoms in total. The fourth-order valence-corrected chi connectivity index (χ4v) is 4.14. The van der Waals surface area contributed by atoms with Crippen molar-refractivity contribution in [3.05, 3.63) is 48.6 Å². The van der Waals surface area contributed by atoms with Gasteiger partial charge in [-0.2, -0.15) is 0 Å². The minimum Gasteiger partial charge on any atom is -0.466 e. The van der Waals surface area contributed by atoms with Crippen LogP contribution in [-0.2, 0) is 9.53 Å². The van der Waals surface area contributed by atoms with Crippen molar-refractivity contribution in [2.45, 2.75) is 155 Å². The van der Waals surface area contributed by atoms with Crippen LogP contribution in [0.15, 0.2) is 48.6 Å². The third-order valence-electron chi connectivity index (χ3n) is 6.45. The smallest absolute Gasteiger partial charge is 0.305 e. The first kappa shape index (κ1) is 34.4. The lowest BCUT2D eigenvalue weighted by Gasteiger charge is -2.05. The molecule has 0 atom stereocenters. The van der Waals surface area contributed by atoms with Crippen LogP contribution in [0.5, 0.6) is 0 Å². The fraction of sp³-hybridized carbons (Fsp3) is 0.735. The van der Waals surface area contributed by atoms with Gasteiger partial charge in [-0.3, -0.25) is 4.79 Å². The van der Waals surface area contributed by atoms with Crippen LogP contribution in [0.25, 0.3) is 0 Å². The molecule has 0 aromatic heterocycles. The van der Waals surface area contributed by atoms with Gasteiger partial charge < -0.3 is 4.74 Å². The van der Waals surface area contributed by atoms with E-state index in [1.807, 2.05) is 0 Å². The molecule has 0 saturated heterocycles. The van der Waals surface area contributed by atoms with Crippen molar-refractivity contribution < 1.29 is 9.53 Å². The van der Waals surface area contributed by atoms with Gasteiger partial charge >= 0.3 is 5.97 Å². The van der Waals surface area contributed by atoms with Crippen LogP contribution < -0.4 is 0 Å². The minimum absolute atomic E-state index is 0.0000580. The van der Waals surface area contributed by atoms with Gasteiger partial charge in [0.2, 0.25) is 0 Å². The van der Waals surface area contributed by atoms with Crippen molar-refractivity contribution in [3.63, 3.8) is 0 Å². The van der Waals surface area contributed by atoms with Gasteiger partial charge in [0.15, 0.2) is 0 Å². The number of rotatable bonds is 27. The van der Waals surface area contributed by atoms with Crippen molar-refractivity contribution in [3.8, 4) is 0 Å². The first-order chi connectivity index (χ1) is 17.8. The molecule has 0 fully saturated rings. The van der Waals surface area contributed by atoms with Crippen LogP contribution in [0.1, 0.15) is 155 Å². The molecule has 0 aliphatic rings. The molecule has 0 saturated carbocycles. The molecule has 0 aliphatic carbocycles. The Morgan fingerprint density at radius 2 is 0.944 bits per heavy atom. The number of hydrogen-bond acceptors (Lipinski definition) is 2. The van der Waals surface area contributed by atoms with E-state index in [4.69, 9.17) is 4.74 Å². The van der Waals surface area contributed by atoms with Gasteiger partial charge in [-0.1, -0.05) is 127 Å². The van der Waals surface area contributed by atoms with Crippen LogP contribution in [-0.4, -0.2) is 12.6 Å². The first-order valence-corrected chi connectivity index (χ1v) is 15.6. The molecule has 0 aromatic rings. The van der Waals surface area contributed by atoms with Crippen LogP contribution >= 0.6 is 0 Å². The number of esters is 1. The van der Waals surface area contributed by atoms with Gasteiger partial charge in [0.25, 0.3) is 0 Å². The molecule has 2 heteroatoms. The Balaban J connectivity index is 3.28. The van der Waals surface area contributed by atoms with Crippen molar-refractivity contribution in [2.75, 3.05) is 6.61 Å². The number of hydrogen-bond donors (Lipinski definition) is 0. The summed E-state index contributed by atoms with van der Waals surface area (Å²) in [6, 6.07) is 0. The van der Waals surface area contributed by atoms with E-state index in [1.54, 1.807) is 0 Å². The molecule has 0 amide bonds. The quantitative estimate of drug-likeness (QED) is 0.0636. The standard InChI is InChI=1S/C34H60O2/c1-3-5-7-9-11-13-15-17-18-19-21-23-25-27-29-31-33-36-34(35)32-30-28-26-24-22-20-16-14-12-10-8-6-4-2/h5,7,11,13-14,16-18H,3-4,6,8-10,12,15,19-33H2,1-2H3/b7-5-,13-11-,16-14-,18-17-. The summed E-state index contributed by atoms with van der Waals surface area (Å²) in [5.74, 6) is 0.0000580.